The minimum Gasteiger partial charge on any atom is -0.481 e. The van der Waals surface area contributed by atoms with Crippen LogP contribution in [0, 0.1) is 11.8 Å². The second-order valence-electron chi connectivity index (χ2n) is 6.06. The number of hydrogen-bond acceptors (Lipinski definition) is 5. The Morgan fingerprint density at radius 3 is 2.28 bits per heavy atom. The van der Waals surface area contributed by atoms with E-state index in [-0.39, 0.29) is 17.8 Å². The van der Waals surface area contributed by atoms with Crippen LogP contribution in [-0.4, -0.2) is 36.6 Å². The molecular formula is C18H26N2O5. The summed E-state index contributed by atoms with van der Waals surface area (Å²) in [5, 5.41) is 10.3. The summed E-state index contributed by atoms with van der Waals surface area (Å²) in [6, 6.07) is 7.04. The van der Waals surface area contributed by atoms with Gasteiger partial charge in [-0.1, -0.05) is 12.1 Å². The van der Waals surface area contributed by atoms with Crippen molar-refractivity contribution in [3.8, 4) is 0 Å². The fourth-order valence-corrected chi connectivity index (χ4v) is 2.80. The summed E-state index contributed by atoms with van der Waals surface area (Å²) in [6.07, 6.45) is 3.54. The van der Waals surface area contributed by atoms with Gasteiger partial charge >= 0.3 is 5.97 Å². The zero-order chi connectivity index (χ0) is 18.8. The summed E-state index contributed by atoms with van der Waals surface area (Å²) < 4.78 is 4.77. The van der Waals surface area contributed by atoms with E-state index < -0.39 is 5.97 Å². The first-order valence-electron chi connectivity index (χ1n) is 8.25. The molecule has 1 aliphatic rings. The molecule has 7 nitrogen and oxygen atoms in total. The molecule has 0 aromatic heterocycles. The number of carboxylic acids is 1. The lowest BCUT2D eigenvalue weighted by atomic mass is 9.82. The number of methoxy groups -OCH3 is 1. The summed E-state index contributed by atoms with van der Waals surface area (Å²) >= 11 is 0. The Bertz CT molecular complexity index is 591. The van der Waals surface area contributed by atoms with Crippen LogP contribution in [0.3, 0.4) is 0 Å². The van der Waals surface area contributed by atoms with E-state index in [2.05, 4.69) is 5.32 Å². The Labute approximate surface area is 147 Å². The van der Waals surface area contributed by atoms with Gasteiger partial charge in [-0.2, -0.15) is 0 Å². The number of hydrogen-bond donors (Lipinski definition) is 3. The van der Waals surface area contributed by atoms with Crippen LogP contribution in [0.2, 0.25) is 0 Å². The van der Waals surface area contributed by atoms with E-state index >= 15 is 0 Å². The predicted octanol–water partition coefficient (Wildman–Crippen LogP) is 2.07. The molecule has 1 aliphatic carbocycles. The normalized spacial score (nSPS) is 19.1. The topological polar surface area (TPSA) is 119 Å². The van der Waals surface area contributed by atoms with Gasteiger partial charge in [-0.25, -0.2) is 0 Å². The largest absolute Gasteiger partial charge is 0.481 e. The molecule has 0 aliphatic heterocycles. The van der Waals surface area contributed by atoms with Crippen molar-refractivity contribution >= 4 is 23.5 Å². The molecule has 138 valence electrons. The van der Waals surface area contributed by atoms with Crippen LogP contribution in [0.4, 0.5) is 5.69 Å². The van der Waals surface area contributed by atoms with Gasteiger partial charge in [0.05, 0.1) is 18.6 Å². The fourth-order valence-electron chi connectivity index (χ4n) is 2.80. The molecule has 0 atom stereocenters. The van der Waals surface area contributed by atoms with Crippen LogP contribution in [0.1, 0.15) is 43.0 Å². The van der Waals surface area contributed by atoms with E-state index in [4.69, 9.17) is 20.4 Å². The highest BCUT2D eigenvalue weighted by Gasteiger charge is 2.27. The lowest BCUT2D eigenvalue weighted by Gasteiger charge is -2.27. The first kappa shape index (κ1) is 20.5. The maximum atomic E-state index is 12.1. The van der Waals surface area contributed by atoms with Gasteiger partial charge in [-0.3, -0.25) is 14.4 Å². The number of benzene rings is 1. The van der Waals surface area contributed by atoms with Crippen LogP contribution < -0.4 is 11.1 Å². The average Bonchev–Trinajstić information content (AvgIpc) is 2.59. The number of para-hydroxylation sites is 1. The number of nitrogen functional groups attached to an aromatic ring is 1. The van der Waals surface area contributed by atoms with Crippen molar-refractivity contribution in [3.63, 3.8) is 0 Å². The first-order valence-corrected chi connectivity index (χ1v) is 8.25. The number of rotatable bonds is 4. The van der Waals surface area contributed by atoms with Crippen LogP contribution in [0.15, 0.2) is 24.3 Å². The number of carbonyl (C=O) groups excluding carboxylic acids is 2. The number of amides is 1. The molecule has 0 unspecified atom stereocenters. The Balaban J connectivity index is 0.000000705. The van der Waals surface area contributed by atoms with Gasteiger partial charge in [0.2, 0.25) is 0 Å². The Morgan fingerprint density at radius 2 is 1.76 bits per heavy atom. The number of nitrogens with two attached hydrogens (primary N) is 1. The zero-order valence-corrected chi connectivity index (χ0v) is 14.7. The van der Waals surface area contributed by atoms with Crippen molar-refractivity contribution < 1.29 is 24.2 Å². The van der Waals surface area contributed by atoms with Crippen molar-refractivity contribution in [3.05, 3.63) is 29.8 Å². The summed E-state index contributed by atoms with van der Waals surface area (Å²) in [7, 11) is 1.43. The molecule has 7 heteroatoms. The third-order valence-corrected chi connectivity index (χ3v) is 4.14. The summed E-state index contributed by atoms with van der Waals surface area (Å²) in [4.78, 5) is 32.5. The monoisotopic (exact) mass is 350 g/mol. The van der Waals surface area contributed by atoms with E-state index in [1.165, 1.54) is 7.11 Å². The number of nitrogens with one attached hydrogen (secondary N) is 1. The summed E-state index contributed by atoms with van der Waals surface area (Å²) in [6.45, 7) is 1.71. The number of carboxylic acid groups (broad SMARTS) is 1. The number of anilines is 1. The quantitative estimate of drug-likeness (QED) is 0.565. The van der Waals surface area contributed by atoms with Crippen LogP contribution in [0.5, 0.6) is 0 Å². The molecule has 1 fully saturated rings. The van der Waals surface area contributed by atoms with Gasteiger partial charge < -0.3 is 20.9 Å². The van der Waals surface area contributed by atoms with E-state index in [0.717, 1.165) is 32.6 Å². The maximum Gasteiger partial charge on any atom is 0.308 e. The average molecular weight is 350 g/mol. The Morgan fingerprint density at radius 1 is 1.20 bits per heavy atom. The van der Waals surface area contributed by atoms with Crippen molar-refractivity contribution in [2.75, 3.05) is 19.4 Å². The maximum absolute atomic E-state index is 12.1. The van der Waals surface area contributed by atoms with Crippen molar-refractivity contribution in [2.45, 2.75) is 32.6 Å². The predicted molar refractivity (Wildman–Crippen MR) is 94.0 cm³/mol. The highest BCUT2D eigenvalue weighted by molar-refractivity contribution is 5.99. The molecule has 0 bridgehead atoms. The molecule has 0 heterocycles. The molecule has 0 radical (unpaired) electrons. The smallest absolute Gasteiger partial charge is 0.308 e. The van der Waals surface area contributed by atoms with Crippen LogP contribution >= 0.6 is 0 Å². The molecule has 2 rings (SSSR count). The Kier molecular flexibility index (Phi) is 8.46. The Hall–Kier alpha value is -2.57. The van der Waals surface area contributed by atoms with Gasteiger partial charge in [0, 0.05) is 19.2 Å². The molecule has 1 amide bonds. The second kappa shape index (κ2) is 10.3. The van der Waals surface area contributed by atoms with E-state index in [0.29, 0.717) is 23.7 Å². The third kappa shape index (κ3) is 7.24. The molecule has 1 saturated carbocycles. The van der Waals surface area contributed by atoms with Gasteiger partial charge in [-0.05, 0) is 43.7 Å². The number of carbonyl (C=O) groups is 3. The fraction of sp³-hybridized carbons (Fsp3) is 0.500. The molecule has 4 N–H and O–H groups in total. The summed E-state index contributed by atoms with van der Waals surface area (Å²) in [5.74, 6) is -0.649. The minimum absolute atomic E-state index is 0.0201. The molecule has 1 aromatic carbocycles. The van der Waals surface area contributed by atoms with Gasteiger partial charge in [0.25, 0.3) is 11.9 Å². The van der Waals surface area contributed by atoms with Crippen LogP contribution in [0.25, 0.3) is 0 Å². The van der Waals surface area contributed by atoms with Crippen LogP contribution in [-0.2, 0) is 14.3 Å². The highest BCUT2D eigenvalue weighted by Crippen LogP contribution is 2.29. The molecule has 1 aromatic rings. The van der Waals surface area contributed by atoms with Crippen molar-refractivity contribution in [1.29, 1.82) is 0 Å². The van der Waals surface area contributed by atoms with E-state index in [1.54, 1.807) is 24.3 Å². The minimum atomic E-state index is -0.833. The first-order chi connectivity index (χ1) is 11.8. The third-order valence-electron chi connectivity index (χ3n) is 4.14. The van der Waals surface area contributed by atoms with Crippen molar-refractivity contribution in [1.82, 2.24) is 5.32 Å². The van der Waals surface area contributed by atoms with E-state index in [1.807, 2.05) is 0 Å². The molecule has 25 heavy (non-hydrogen) atoms. The number of aliphatic carboxylic acids is 1. The molecular weight excluding hydrogens is 324 g/mol. The standard InChI is InChI=1S/C16H22N2O3.C2H4O2/c1-21-16(20)12-8-6-11(7-9-12)10-18-15(19)13-4-2-3-5-14(13)17;1-2(3)4/h2-5,11-12H,6-10,17H2,1H3,(H,18,19);1H3,(H,3,4). The SMILES string of the molecule is CC(=O)O.COC(=O)C1CCC(CNC(=O)c2ccccc2N)CC1. The van der Waals surface area contributed by atoms with Gasteiger partial charge in [0.15, 0.2) is 0 Å². The van der Waals surface area contributed by atoms with Crippen molar-refractivity contribution in [2.24, 2.45) is 11.8 Å². The second-order valence-corrected chi connectivity index (χ2v) is 6.06. The zero-order valence-electron chi connectivity index (χ0n) is 14.7. The van der Waals surface area contributed by atoms with Gasteiger partial charge in [0.1, 0.15) is 0 Å². The number of ether oxygens (including phenoxy) is 1. The highest BCUT2D eigenvalue weighted by atomic mass is 16.5. The van der Waals surface area contributed by atoms with Gasteiger partial charge in [-0.15, -0.1) is 0 Å². The molecule has 0 saturated heterocycles. The van der Waals surface area contributed by atoms with E-state index in [9.17, 15) is 9.59 Å². The summed E-state index contributed by atoms with van der Waals surface area (Å²) in [5.41, 5.74) is 6.79. The lowest BCUT2D eigenvalue weighted by Crippen LogP contribution is -2.33. The lowest BCUT2D eigenvalue weighted by molar-refractivity contribution is -0.146. The number of esters is 1. The molecule has 0 spiro atoms.